The van der Waals surface area contributed by atoms with E-state index in [2.05, 4.69) is 47.2 Å². The standard InChI is InChI=1S/C33H33N7O4/c41-31(11-12-32(42)44-16-4-13-39-14-17-43-18-15-39)37-25-7-9-28-27(19-25)33(35-22-34-28)38-26-8-10-30-29(20-26)36-23-40(30)21-24-5-2-1-3-6-24/h1-3,5-12,19-20,22-23H,4,13-18,21H2,(H,37,41)(H,34,35,38). The number of anilines is 3. The molecule has 3 heterocycles. The zero-order chi connectivity index (χ0) is 30.1. The summed E-state index contributed by atoms with van der Waals surface area (Å²) in [5.74, 6) is -0.412. The number of benzene rings is 3. The van der Waals surface area contributed by atoms with Gasteiger partial charge in [-0.05, 0) is 48.4 Å². The topological polar surface area (TPSA) is 124 Å². The second kappa shape index (κ2) is 13.9. The van der Waals surface area contributed by atoms with Crippen LogP contribution in [0.4, 0.5) is 17.2 Å². The molecule has 0 spiro atoms. The Bertz CT molecular complexity index is 1780. The molecule has 0 bridgehead atoms. The summed E-state index contributed by atoms with van der Waals surface area (Å²) < 4.78 is 12.7. The fourth-order valence-corrected chi connectivity index (χ4v) is 5.08. The molecule has 0 aliphatic carbocycles. The van der Waals surface area contributed by atoms with Crippen molar-refractivity contribution in [2.24, 2.45) is 0 Å². The monoisotopic (exact) mass is 591 g/mol. The van der Waals surface area contributed by atoms with Crippen molar-refractivity contribution >= 4 is 51.0 Å². The molecule has 3 aromatic carbocycles. The van der Waals surface area contributed by atoms with E-state index < -0.39 is 11.9 Å². The summed E-state index contributed by atoms with van der Waals surface area (Å²) in [4.78, 5) is 40.3. The first-order valence-corrected chi connectivity index (χ1v) is 14.6. The number of fused-ring (bicyclic) bond motifs is 2. The van der Waals surface area contributed by atoms with E-state index in [1.807, 2.05) is 42.7 Å². The van der Waals surface area contributed by atoms with Gasteiger partial charge in [0.1, 0.15) is 12.1 Å². The Morgan fingerprint density at radius 3 is 2.61 bits per heavy atom. The van der Waals surface area contributed by atoms with Crippen LogP contribution in [0, 0.1) is 0 Å². The molecule has 1 fully saturated rings. The normalized spacial score (nSPS) is 13.8. The first-order valence-electron chi connectivity index (χ1n) is 14.6. The second-order valence-electron chi connectivity index (χ2n) is 10.4. The summed E-state index contributed by atoms with van der Waals surface area (Å²) in [5, 5.41) is 6.88. The number of carbonyl (C=O) groups is 2. The minimum atomic E-state index is -0.553. The molecule has 0 unspecified atom stereocenters. The summed E-state index contributed by atoms with van der Waals surface area (Å²) in [5.41, 5.74) is 5.17. The van der Waals surface area contributed by atoms with Gasteiger partial charge in [-0.3, -0.25) is 9.69 Å². The lowest BCUT2D eigenvalue weighted by molar-refractivity contribution is -0.138. The number of ether oxygens (including phenoxy) is 2. The van der Waals surface area contributed by atoms with Crippen molar-refractivity contribution in [1.82, 2.24) is 24.4 Å². The van der Waals surface area contributed by atoms with Crippen molar-refractivity contribution in [3.05, 3.63) is 97.1 Å². The third kappa shape index (κ3) is 7.44. The predicted molar refractivity (Wildman–Crippen MR) is 169 cm³/mol. The molecule has 0 atom stereocenters. The molecule has 1 aliphatic rings. The lowest BCUT2D eigenvalue weighted by Gasteiger charge is -2.26. The van der Waals surface area contributed by atoms with E-state index in [1.54, 1.807) is 18.2 Å². The molecule has 1 amide bonds. The van der Waals surface area contributed by atoms with Crippen molar-refractivity contribution in [3.63, 3.8) is 0 Å². The average molecular weight is 592 g/mol. The van der Waals surface area contributed by atoms with Gasteiger partial charge in [-0.25, -0.2) is 19.7 Å². The van der Waals surface area contributed by atoms with Gasteiger partial charge in [0, 0.05) is 55.1 Å². The van der Waals surface area contributed by atoms with Crippen LogP contribution < -0.4 is 10.6 Å². The number of aromatic nitrogens is 4. The van der Waals surface area contributed by atoms with Crippen LogP contribution in [0.15, 0.2) is 91.5 Å². The number of hydrogen-bond acceptors (Lipinski definition) is 9. The van der Waals surface area contributed by atoms with Crippen LogP contribution in [0.3, 0.4) is 0 Å². The Kier molecular flexibility index (Phi) is 9.15. The maximum absolute atomic E-state index is 12.5. The molecule has 2 aromatic heterocycles. The van der Waals surface area contributed by atoms with E-state index in [4.69, 9.17) is 9.47 Å². The largest absolute Gasteiger partial charge is 0.462 e. The number of nitrogens with zero attached hydrogens (tertiary/aromatic N) is 5. The maximum Gasteiger partial charge on any atom is 0.330 e. The summed E-state index contributed by atoms with van der Waals surface area (Å²) in [7, 11) is 0. The Balaban J connectivity index is 1.06. The maximum atomic E-state index is 12.5. The minimum Gasteiger partial charge on any atom is -0.462 e. The van der Waals surface area contributed by atoms with Crippen LogP contribution in [0.25, 0.3) is 21.9 Å². The molecule has 0 saturated carbocycles. The number of carbonyl (C=O) groups excluding carboxylic acids is 2. The van der Waals surface area contributed by atoms with Crippen molar-refractivity contribution in [2.75, 3.05) is 50.1 Å². The highest BCUT2D eigenvalue weighted by Gasteiger charge is 2.11. The van der Waals surface area contributed by atoms with Gasteiger partial charge in [0.15, 0.2) is 0 Å². The third-order valence-electron chi connectivity index (χ3n) is 7.32. The van der Waals surface area contributed by atoms with Gasteiger partial charge in [0.25, 0.3) is 0 Å². The van der Waals surface area contributed by atoms with Crippen molar-refractivity contribution in [1.29, 1.82) is 0 Å². The van der Waals surface area contributed by atoms with E-state index in [9.17, 15) is 9.59 Å². The van der Waals surface area contributed by atoms with E-state index in [-0.39, 0.29) is 0 Å². The third-order valence-corrected chi connectivity index (χ3v) is 7.32. The van der Waals surface area contributed by atoms with Gasteiger partial charge >= 0.3 is 5.97 Å². The second-order valence-corrected chi connectivity index (χ2v) is 10.4. The molecular weight excluding hydrogens is 558 g/mol. The molecule has 224 valence electrons. The van der Waals surface area contributed by atoms with E-state index in [0.717, 1.165) is 74.0 Å². The van der Waals surface area contributed by atoms with Crippen LogP contribution >= 0.6 is 0 Å². The number of esters is 1. The number of imidazole rings is 1. The number of morpholine rings is 1. The van der Waals surface area contributed by atoms with E-state index in [0.29, 0.717) is 23.6 Å². The van der Waals surface area contributed by atoms with Crippen LogP contribution in [-0.4, -0.2) is 75.8 Å². The molecule has 11 nitrogen and oxygen atoms in total. The van der Waals surface area contributed by atoms with Crippen LogP contribution in [-0.2, 0) is 25.6 Å². The summed E-state index contributed by atoms with van der Waals surface area (Å²) in [6.45, 7) is 5.13. The van der Waals surface area contributed by atoms with Crippen LogP contribution in [0.2, 0.25) is 0 Å². The average Bonchev–Trinajstić information content (AvgIpc) is 3.45. The Morgan fingerprint density at radius 2 is 1.75 bits per heavy atom. The lowest BCUT2D eigenvalue weighted by Crippen LogP contribution is -2.37. The highest BCUT2D eigenvalue weighted by Crippen LogP contribution is 2.27. The van der Waals surface area contributed by atoms with Gasteiger partial charge in [0.2, 0.25) is 5.91 Å². The number of nitrogens with one attached hydrogen (secondary N) is 2. The Labute approximate surface area is 254 Å². The molecule has 6 rings (SSSR count). The molecule has 0 radical (unpaired) electrons. The van der Waals surface area contributed by atoms with Gasteiger partial charge < -0.3 is 24.7 Å². The summed E-state index contributed by atoms with van der Waals surface area (Å²) >= 11 is 0. The van der Waals surface area contributed by atoms with E-state index >= 15 is 0 Å². The van der Waals surface area contributed by atoms with Gasteiger partial charge in [0.05, 0.1) is 42.7 Å². The van der Waals surface area contributed by atoms with Crippen molar-refractivity contribution in [2.45, 2.75) is 13.0 Å². The van der Waals surface area contributed by atoms with Crippen LogP contribution in [0.5, 0.6) is 0 Å². The van der Waals surface area contributed by atoms with Gasteiger partial charge in [-0.15, -0.1) is 0 Å². The molecule has 2 N–H and O–H groups in total. The fourth-order valence-electron chi connectivity index (χ4n) is 5.08. The number of amides is 1. The minimum absolute atomic E-state index is 0.297. The fraction of sp³-hybridized carbons (Fsp3) is 0.242. The highest BCUT2D eigenvalue weighted by atomic mass is 16.5. The molecule has 1 saturated heterocycles. The molecule has 44 heavy (non-hydrogen) atoms. The zero-order valence-electron chi connectivity index (χ0n) is 24.2. The Morgan fingerprint density at radius 1 is 0.909 bits per heavy atom. The highest BCUT2D eigenvalue weighted by molar-refractivity contribution is 6.04. The van der Waals surface area contributed by atoms with Crippen LogP contribution in [0.1, 0.15) is 12.0 Å². The van der Waals surface area contributed by atoms with Gasteiger partial charge in [-0.1, -0.05) is 30.3 Å². The Hall–Kier alpha value is -5.13. The summed E-state index contributed by atoms with van der Waals surface area (Å²) in [6, 6.07) is 21.6. The zero-order valence-corrected chi connectivity index (χ0v) is 24.2. The van der Waals surface area contributed by atoms with E-state index in [1.165, 1.54) is 18.0 Å². The number of rotatable bonds is 11. The molecular formula is C33H33N7O4. The molecule has 11 heteroatoms. The van der Waals surface area contributed by atoms with Crippen molar-refractivity contribution in [3.8, 4) is 0 Å². The lowest BCUT2D eigenvalue weighted by atomic mass is 10.2. The smallest absolute Gasteiger partial charge is 0.330 e. The first kappa shape index (κ1) is 29.0. The summed E-state index contributed by atoms with van der Waals surface area (Å²) in [6.07, 6.45) is 6.37. The van der Waals surface area contributed by atoms with Gasteiger partial charge in [-0.2, -0.15) is 0 Å². The first-order chi connectivity index (χ1) is 21.6. The quantitative estimate of drug-likeness (QED) is 0.130. The van der Waals surface area contributed by atoms with Crippen molar-refractivity contribution < 1.29 is 19.1 Å². The molecule has 5 aromatic rings. The molecule has 1 aliphatic heterocycles. The number of hydrogen-bond donors (Lipinski definition) is 2. The predicted octanol–water partition coefficient (Wildman–Crippen LogP) is 4.53. The SMILES string of the molecule is O=C(C=CC(=O)OCCCN1CCOCC1)Nc1ccc2ncnc(Nc3ccc4c(c3)ncn4Cc3ccccc3)c2c1.